The molecule has 0 spiro atoms. The van der Waals surface area contributed by atoms with Crippen molar-refractivity contribution in [3.05, 3.63) is 41.7 Å². The first-order valence-corrected chi connectivity index (χ1v) is 8.57. The van der Waals surface area contributed by atoms with Gasteiger partial charge in [-0.05, 0) is 38.8 Å². The fraction of sp³-hybridized carbons (Fsp3) is 0.211. The average molecular weight is 378 g/mol. The number of rotatable bonds is 7. The predicted molar refractivity (Wildman–Crippen MR) is 112 cm³/mol. The number of ether oxygens (including phenoxy) is 1. The van der Waals surface area contributed by atoms with E-state index in [2.05, 4.69) is 42.4 Å². The van der Waals surface area contributed by atoms with Gasteiger partial charge in [0.2, 0.25) is 5.95 Å². The third kappa shape index (κ3) is 4.14. The smallest absolute Gasteiger partial charge is 0.229 e. The molecule has 0 amide bonds. The molecule has 0 saturated carbocycles. The largest absolute Gasteiger partial charge is 0.494 e. The Morgan fingerprint density at radius 3 is 2.75 bits per heavy atom. The molecule has 1 aromatic carbocycles. The van der Waals surface area contributed by atoms with Crippen molar-refractivity contribution in [2.45, 2.75) is 13.8 Å². The van der Waals surface area contributed by atoms with Crippen LogP contribution in [0.2, 0.25) is 0 Å². The van der Waals surface area contributed by atoms with Crippen molar-refractivity contribution < 1.29 is 4.74 Å². The Hall–Kier alpha value is -3.75. The van der Waals surface area contributed by atoms with E-state index in [0.717, 1.165) is 28.5 Å². The van der Waals surface area contributed by atoms with Crippen LogP contribution in [0.25, 0.3) is 5.69 Å². The third-order valence-corrected chi connectivity index (χ3v) is 3.92. The van der Waals surface area contributed by atoms with Gasteiger partial charge < -0.3 is 15.4 Å². The summed E-state index contributed by atoms with van der Waals surface area (Å²) in [5, 5.41) is 10.7. The standard InChI is InChI=1S/C19H22N8O/c1-12-10-27(26-18(12)22-11-20-3)15-9-14(6-7-16(15)28-5)24-19-23-13(2)8-17(21-4)25-19/h6-11H,3H2,1-2,4-5H3,(H2,21,23,24,25). The van der Waals surface area contributed by atoms with Crippen LogP contribution in [-0.2, 0) is 0 Å². The Bertz CT molecular complexity index is 1020. The van der Waals surface area contributed by atoms with Gasteiger partial charge in [0.05, 0.1) is 7.11 Å². The van der Waals surface area contributed by atoms with E-state index in [4.69, 9.17) is 4.74 Å². The molecule has 9 nitrogen and oxygen atoms in total. The second-order valence-electron chi connectivity index (χ2n) is 5.99. The number of anilines is 3. The Morgan fingerprint density at radius 1 is 1.21 bits per heavy atom. The molecule has 9 heteroatoms. The third-order valence-electron chi connectivity index (χ3n) is 3.92. The van der Waals surface area contributed by atoms with Crippen LogP contribution in [0.15, 0.2) is 40.4 Å². The molecule has 2 N–H and O–H groups in total. The SMILES string of the molecule is C=NC=Nc1nn(-c2cc(Nc3nc(C)cc(NC)n3)ccc2OC)cc1C. The first-order valence-electron chi connectivity index (χ1n) is 8.57. The van der Waals surface area contributed by atoms with Gasteiger partial charge in [-0.2, -0.15) is 4.98 Å². The summed E-state index contributed by atoms with van der Waals surface area (Å²) in [6, 6.07) is 7.54. The number of benzene rings is 1. The molecule has 28 heavy (non-hydrogen) atoms. The predicted octanol–water partition coefficient (Wildman–Crippen LogP) is 3.43. The number of aryl methyl sites for hydroxylation is 2. The van der Waals surface area contributed by atoms with E-state index in [1.54, 1.807) is 11.8 Å². The maximum Gasteiger partial charge on any atom is 0.229 e. The number of nitrogens with zero attached hydrogens (tertiary/aromatic N) is 6. The van der Waals surface area contributed by atoms with Gasteiger partial charge in [-0.25, -0.2) is 14.7 Å². The van der Waals surface area contributed by atoms with Gasteiger partial charge in [-0.1, -0.05) is 0 Å². The highest BCUT2D eigenvalue weighted by molar-refractivity contribution is 5.67. The summed E-state index contributed by atoms with van der Waals surface area (Å²) in [7, 11) is 3.44. The summed E-state index contributed by atoms with van der Waals surface area (Å²) in [6.07, 6.45) is 3.24. The molecule has 0 atom stereocenters. The molecule has 0 fully saturated rings. The van der Waals surface area contributed by atoms with Crippen molar-refractivity contribution in [2.24, 2.45) is 9.98 Å². The maximum atomic E-state index is 5.49. The van der Waals surface area contributed by atoms with Gasteiger partial charge in [-0.15, -0.1) is 5.10 Å². The van der Waals surface area contributed by atoms with Crippen LogP contribution >= 0.6 is 0 Å². The van der Waals surface area contributed by atoms with Gasteiger partial charge in [-0.3, -0.25) is 4.99 Å². The molecule has 0 saturated heterocycles. The number of methoxy groups -OCH3 is 1. The highest BCUT2D eigenvalue weighted by Gasteiger charge is 2.12. The summed E-state index contributed by atoms with van der Waals surface area (Å²) < 4.78 is 7.21. The van der Waals surface area contributed by atoms with Crippen LogP contribution in [0.4, 0.5) is 23.3 Å². The van der Waals surface area contributed by atoms with Gasteiger partial charge in [0.15, 0.2) is 5.82 Å². The van der Waals surface area contributed by atoms with E-state index in [9.17, 15) is 0 Å². The molecule has 144 valence electrons. The Morgan fingerprint density at radius 2 is 2.04 bits per heavy atom. The van der Waals surface area contributed by atoms with Crippen molar-refractivity contribution in [1.29, 1.82) is 0 Å². The van der Waals surface area contributed by atoms with E-state index >= 15 is 0 Å². The minimum absolute atomic E-state index is 0.499. The summed E-state index contributed by atoms with van der Waals surface area (Å²) in [6.45, 7) is 7.23. The lowest BCUT2D eigenvalue weighted by molar-refractivity contribution is 0.412. The molecule has 0 unspecified atom stereocenters. The van der Waals surface area contributed by atoms with E-state index in [0.29, 0.717) is 17.5 Å². The lowest BCUT2D eigenvalue weighted by atomic mass is 10.2. The van der Waals surface area contributed by atoms with E-state index in [1.807, 2.05) is 51.4 Å². The number of hydrogen-bond acceptors (Lipinski definition) is 7. The molecular weight excluding hydrogens is 356 g/mol. The molecule has 3 aromatic rings. The number of nitrogens with one attached hydrogen (secondary N) is 2. The molecule has 0 aliphatic rings. The van der Waals surface area contributed by atoms with Crippen molar-refractivity contribution in [1.82, 2.24) is 19.7 Å². The van der Waals surface area contributed by atoms with Crippen LogP contribution in [0.1, 0.15) is 11.3 Å². The Balaban J connectivity index is 1.98. The monoisotopic (exact) mass is 378 g/mol. The van der Waals surface area contributed by atoms with Crippen molar-refractivity contribution in [2.75, 3.05) is 24.8 Å². The molecule has 2 aromatic heterocycles. The van der Waals surface area contributed by atoms with Crippen LogP contribution in [0.3, 0.4) is 0 Å². The van der Waals surface area contributed by atoms with Gasteiger partial charge >= 0.3 is 0 Å². The lowest BCUT2D eigenvalue weighted by Crippen LogP contribution is -2.04. The molecule has 0 aliphatic heterocycles. The highest BCUT2D eigenvalue weighted by atomic mass is 16.5. The zero-order valence-corrected chi connectivity index (χ0v) is 16.3. The molecule has 3 rings (SSSR count). The summed E-state index contributed by atoms with van der Waals surface area (Å²) >= 11 is 0. The number of aromatic nitrogens is 4. The van der Waals surface area contributed by atoms with E-state index in [-0.39, 0.29) is 0 Å². The Kier molecular flexibility index (Phi) is 5.64. The van der Waals surface area contributed by atoms with Crippen molar-refractivity contribution in [3.63, 3.8) is 0 Å². The van der Waals surface area contributed by atoms with Gasteiger partial charge in [0, 0.05) is 36.3 Å². The first-order chi connectivity index (χ1) is 13.5. The average Bonchev–Trinajstić information content (AvgIpc) is 3.06. The summed E-state index contributed by atoms with van der Waals surface area (Å²) in [4.78, 5) is 16.6. The van der Waals surface area contributed by atoms with Crippen LogP contribution in [0.5, 0.6) is 5.75 Å². The molecule has 0 radical (unpaired) electrons. The molecule has 0 aliphatic carbocycles. The second-order valence-corrected chi connectivity index (χ2v) is 5.99. The normalized spacial score (nSPS) is 10.9. The minimum atomic E-state index is 0.499. The fourth-order valence-electron chi connectivity index (χ4n) is 2.63. The lowest BCUT2D eigenvalue weighted by Gasteiger charge is -2.12. The number of hydrogen-bond donors (Lipinski definition) is 2. The van der Waals surface area contributed by atoms with Gasteiger partial charge in [0.25, 0.3) is 0 Å². The molecule has 0 bridgehead atoms. The fourth-order valence-corrected chi connectivity index (χ4v) is 2.63. The zero-order valence-electron chi connectivity index (χ0n) is 16.3. The molecular formula is C19H22N8O. The second kappa shape index (κ2) is 8.30. The quantitative estimate of drug-likeness (QED) is 0.482. The minimum Gasteiger partial charge on any atom is -0.494 e. The van der Waals surface area contributed by atoms with E-state index < -0.39 is 0 Å². The van der Waals surface area contributed by atoms with Crippen LogP contribution in [0, 0.1) is 13.8 Å². The first kappa shape index (κ1) is 19.0. The number of aliphatic imine (C=N–C) groups is 2. The summed E-state index contributed by atoms with van der Waals surface area (Å²) in [5.41, 5.74) is 3.32. The topological polar surface area (TPSA) is 102 Å². The molecule has 2 heterocycles. The van der Waals surface area contributed by atoms with Gasteiger partial charge in [0.1, 0.15) is 23.6 Å². The van der Waals surface area contributed by atoms with Crippen LogP contribution in [-0.4, -0.2) is 47.0 Å². The maximum absolute atomic E-state index is 5.49. The van der Waals surface area contributed by atoms with E-state index in [1.165, 1.54) is 6.34 Å². The Labute approximate surface area is 163 Å². The zero-order chi connectivity index (χ0) is 20.1. The van der Waals surface area contributed by atoms with Crippen molar-refractivity contribution >= 4 is 36.3 Å². The van der Waals surface area contributed by atoms with Crippen molar-refractivity contribution in [3.8, 4) is 11.4 Å². The highest BCUT2D eigenvalue weighted by Crippen LogP contribution is 2.29. The summed E-state index contributed by atoms with van der Waals surface area (Å²) in [5.74, 6) is 2.48. The van der Waals surface area contributed by atoms with Crippen LogP contribution < -0.4 is 15.4 Å².